The number of hydrogen-bond donors (Lipinski definition) is 2. The van der Waals surface area contributed by atoms with E-state index in [-0.39, 0.29) is 29.5 Å². The van der Waals surface area contributed by atoms with Crippen molar-refractivity contribution in [3.8, 4) is 5.75 Å². The molecule has 0 bridgehead atoms. The Labute approximate surface area is 210 Å². The molecular formula is C28H31N5O3. The standard InChI is InChI=1S/C28H31N5O3/c1-18-23-11-8-20(14-25(23)33(32-18)17-19-6-9-22(36-5)10-7-19)15-26(34)30-21-12-13-29-24(16-21)27(35)31-28(2,3)4/h6-14,16H,15,17H2,1-5H3,(H,31,35)(H,29,30,34). The molecule has 186 valence electrons. The number of pyridine rings is 1. The number of anilines is 1. The van der Waals surface area contributed by atoms with E-state index >= 15 is 0 Å². The molecule has 0 unspecified atom stereocenters. The van der Waals surface area contributed by atoms with Gasteiger partial charge in [-0.1, -0.05) is 24.3 Å². The highest BCUT2D eigenvalue weighted by Crippen LogP contribution is 2.22. The van der Waals surface area contributed by atoms with Crippen LogP contribution >= 0.6 is 0 Å². The fourth-order valence-electron chi connectivity index (χ4n) is 3.95. The Bertz CT molecular complexity index is 1400. The molecule has 2 aromatic heterocycles. The number of fused-ring (bicyclic) bond motifs is 1. The second-order valence-corrected chi connectivity index (χ2v) is 9.80. The van der Waals surface area contributed by atoms with Gasteiger partial charge in [-0.25, -0.2) is 0 Å². The fourth-order valence-corrected chi connectivity index (χ4v) is 3.95. The molecule has 8 nitrogen and oxygen atoms in total. The molecule has 0 aliphatic carbocycles. The lowest BCUT2D eigenvalue weighted by atomic mass is 10.1. The van der Waals surface area contributed by atoms with Gasteiger partial charge in [0.1, 0.15) is 11.4 Å². The number of hydrogen-bond acceptors (Lipinski definition) is 5. The quantitative estimate of drug-likeness (QED) is 0.402. The second-order valence-electron chi connectivity index (χ2n) is 9.80. The van der Waals surface area contributed by atoms with Crippen molar-refractivity contribution in [2.24, 2.45) is 0 Å². The van der Waals surface area contributed by atoms with Crippen LogP contribution in [-0.2, 0) is 17.8 Å². The van der Waals surface area contributed by atoms with Crippen LogP contribution in [0.5, 0.6) is 5.75 Å². The topological polar surface area (TPSA) is 98.1 Å². The van der Waals surface area contributed by atoms with E-state index in [2.05, 4.69) is 15.6 Å². The highest BCUT2D eigenvalue weighted by Gasteiger charge is 2.17. The molecule has 0 saturated carbocycles. The summed E-state index contributed by atoms with van der Waals surface area (Å²) in [6.45, 7) is 8.30. The maximum absolute atomic E-state index is 12.8. The molecule has 0 atom stereocenters. The van der Waals surface area contributed by atoms with E-state index in [0.717, 1.165) is 33.5 Å². The molecule has 2 amide bonds. The summed E-state index contributed by atoms with van der Waals surface area (Å²) in [5.41, 5.74) is 4.28. The molecule has 0 spiro atoms. The summed E-state index contributed by atoms with van der Waals surface area (Å²) in [7, 11) is 1.65. The van der Waals surface area contributed by atoms with Crippen LogP contribution < -0.4 is 15.4 Å². The van der Waals surface area contributed by atoms with Gasteiger partial charge in [0, 0.05) is 22.8 Å². The molecule has 0 aliphatic heterocycles. The molecule has 36 heavy (non-hydrogen) atoms. The van der Waals surface area contributed by atoms with Crippen LogP contribution in [0.25, 0.3) is 10.9 Å². The number of nitrogens with zero attached hydrogens (tertiary/aromatic N) is 3. The van der Waals surface area contributed by atoms with E-state index in [1.54, 1.807) is 19.2 Å². The minimum Gasteiger partial charge on any atom is -0.497 e. The Morgan fingerprint density at radius 1 is 1.00 bits per heavy atom. The number of aryl methyl sites for hydroxylation is 1. The van der Waals surface area contributed by atoms with Crippen LogP contribution in [0.4, 0.5) is 5.69 Å². The van der Waals surface area contributed by atoms with E-state index in [9.17, 15) is 9.59 Å². The predicted molar refractivity (Wildman–Crippen MR) is 140 cm³/mol. The zero-order chi connectivity index (χ0) is 25.9. The minimum atomic E-state index is -0.380. The first-order valence-electron chi connectivity index (χ1n) is 11.8. The summed E-state index contributed by atoms with van der Waals surface area (Å²) in [5, 5.41) is 11.5. The summed E-state index contributed by atoms with van der Waals surface area (Å²) in [6.07, 6.45) is 1.70. The molecule has 0 fully saturated rings. The van der Waals surface area contributed by atoms with Crippen molar-refractivity contribution >= 4 is 28.4 Å². The molecule has 2 heterocycles. The number of carbonyl (C=O) groups excluding carboxylic acids is 2. The van der Waals surface area contributed by atoms with Gasteiger partial charge in [0.25, 0.3) is 5.91 Å². The van der Waals surface area contributed by atoms with Crippen LogP contribution in [-0.4, -0.2) is 39.2 Å². The predicted octanol–water partition coefficient (Wildman–Crippen LogP) is 4.51. The lowest BCUT2D eigenvalue weighted by Crippen LogP contribution is -2.40. The molecule has 8 heteroatoms. The van der Waals surface area contributed by atoms with Crippen molar-refractivity contribution in [1.29, 1.82) is 0 Å². The van der Waals surface area contributed by atoms with Gasteiger partial charge in [-0.2, -0.15) is 5.10 Å². The highest BCUT2D eigenvalue weighted by atomic mass is 16.5. The number of amides is 2. The van der Waals surface area contributed by atoms with Gasteiger partial charge in [0.15, 0.2) is 0 Å². The Morgan fingerprint density at radius 2 is 1.72 bits per heavy atom. The van der Waals surface area contributed by atoms with Crippen molar-refractivity contribution in [1.82, 2.24) is 20.1 Å². The molecule has 4 aromatic rings. The first kappa shape index (κ1) is 24.9. The third kappa shape index (κ3) is 6.07. The summed E-state index contributed by atoms with van der Waals surface area (Å²) in [6, 6.07) is 17.1. The normalized spacial score (nSPS) is 11.4. The van der Waals surface area contributed by atoms with Crippen LogP contribution in [0, 0.1) is 6.92 Å². The number of rotatable bonds is 7. The zero-order valence-corrected chi connectivity index (χ0v) is 21.3. The first-order chi connectivity index (χ1) is 17.1. The van der Waals surface area contributed by atoms with Gasteiger partial charge in [-0.15, -0.1) is 0 Å². The number of ether oxygens (including phenoxy) is 1. The molecular weight excluding hydrogens is 454 g/mol. The molecule has 2 aromatic carbocycles. The number of nitrogens with one attached hydrogen (secondary N) is 2. The Morgan fingerprint density at radius 3 is 2.42 bits per heavy atom. The average molecular weight is 486 g/mol. The summed E-state index contributed by atoms with van der Waals surface area (Å²) in [4.78, 5) is 29.3. The van der Waals surface area contributed by atoms with Gasteiger partial charge in [0.2, 0.25) is 5.91 Å². The molecule has 0 radical (unpaired) electrons. The molecule has 2 N–H and O–H groups in total. The van der Waals surface area contributed by atoms with Crippen molar-refractivity contribution in [3.05, 3.63) is 83.3 Å². The highest BCUT2D eigenvalue weighted by molar-refractivity contribution is 5.96. The zero-order valence-electron chi connectivity index (χ0n) is 21.3. The summed E-state index contributed by atoms with van der Waals surface area (Å²) in [5.74, 6) is 0.343. The van der Waals surface area contributed by atoms with Crippen molar-refractivity contribution < 1.29 is 14.3 Å². The number of methoxy groups -OCH3 is 1. The maximum Gasteiger partial charge on any atom is 0.270 e. The lowest BCUT2D eigenvalue weighted by Gasteiger charge is -2.20. The van der Waals surface area contributed by atoms with Crippen LogP contribution in [0.15, 0.2) is 60.8 Å². The third-order valence-corrected chi connectivity index (χ3v) is 5.62. The number of aromatic nitrogens is 3. The van der Waals surface area contributed by atoms with E-state index in [1.807, 2.05) is 74.8 Å². The molecule has 4 rings (SSSR count). The minimum absolute atomic E-state index is 0.180. The van der Waals surface area contributed by atoms with Crippen LogP contribution in [0.3, 0.4) is 0 Å². The summed E-state index contributed by atoms with van der Waals surface area (Å²) < 4.78 is 7.20. The Hall–Kier alpha value is -4.20. The maximum atomic E-state index is 12.8. The average Bonchev–Trinajstić information content (AvgIpc) is 3.13. The number of benzene rings is 2. The third-order valence-electron chi connectivity index (χ3n) is 5.62. The van der Waals surface area contributed by atoms with Gasteiger partial charge >= 0.3 is 0 Å². The monoisotopic (exact) mass is 485 g/mol. The molecule has 0 aliphatic rings. The number of carbonyl (C=O) groups is 2. The second kappa shape index (κ2) is 10.2. The van der Waals surface area contributed by atoms with Crippen LogP contribution in [0.1, 0.15) is 48.1 Å². The first-order valence-corrected chi connectivity index (χ1v) is 11.8. The van der Waals surface area contributed by atoms with Crippen LogP contribution in [0.2, 0.25) is 0 Å². The van der Waals surface area contributed by atoms with E-state index in [1.165, 1.54) is 6.20 Å². The SMILES string of the molecule is COc1ccc(Cn2nc(C)c3ccc(CC(=O)Nc4ccnc(C(=O)NC(C)(C)C)c4)cc32)cc1. The van der Waals surface area contributed by atoms with Crippen molar-refractivity contribution in [2.75, 3.05) is 12.4 Å². The smallest absolute Gasteiger partial charge is 0.270 e. The Kier molecular flexibility index (Phi) is 7.05. The van der Waals surface area contributed by atoms with E-state index in [4.69, 9.17) is 9.84 Å². The fraction of sp³-hybridized carbons (Fsp3) is 0.286. The van der Waals surface area contributed by atoms with Gasteiger partial charge < -0.3 is 15.4 Å². The van der Waals surface area contributed by atoms with Crippen molar-refractivity contribution in [3.63, 3.8) is 0 Å². The Balaban J connectivity index is 1.48. The molecule has 0 saturated heterocycles. The van der Waals surface area contributed by atoms with Gasteiger partial charge in [-0.05, 0) is 69.2 Å². The summed E-state index contributed by atoms with van der Waals surface area (Å²) >= 11 is 0. The lowest BCUT2D eigenvalue weighted by molar-refractivity contribution is -0.115. The van der Waals surface area contributed by atoms with Gasteiger partial charge in [0.05, 0.1) is 31.3 Å². The van der Waals surface area contributed by atoms with E-state index < -0.39 is 0 Å². The van der Waals surface area contributed by atoms with Crippen molar-refractivity contribution in [2.45, 2.75) is 46.2 Å². The largest absolute Gasteiger partial charge is 0.497 e. The van der Waals surface area contributed by atoms with Gasteiger partial charge in [-0.3, -0.25) is 19.3 Å². The van der Waals surface area contributed by atoms with E-state index in [0.29, 0.717) is 12.2 Å².